The quantitative estimate of drug-likeness (QED) is 0.773. The van der Waals surface area contributed by atoms with Crippen LogP contribution in [0.2, 0.25) is 0 Å². The third kappa shape index (κ3) is 2.00. The molecule has 0 spiro atoms. The molecule has 2 rings (SSSR count). The van der Waals surface area contributed by atoms with Crippen LogP contribution in [0.5, 0.6) is 0 Å². The van der Waals surface area contributed by atoms with Gasteiger partial charge in [0.05, 0.1) is 6.54 Å². The predicted octanol–water partition coefficient (Wildman–Crippen LogP) is 1.86. The number of hydrogen-bond acceptors (Lipinski definition) is 5. The van der Waals surface area contributed by atoms with Crippen molar-refractivity contribution in [2.75, 3.05) is 14.1 Å². The molecule has 0 radical (unpaired) electrons. The third-order valence-corrected chi connectivity index (χ3v) is 2.38. The second kappa shape index (κ2) is 3.89. The first-order valence-electron chi connectivity index (χ1n) is 4.25. The molecule has 0 aliphatic carbocycles. The molecule has 2 heterocycles. The van der Waals surface area contributed by atoms with Crippen molar-refractivity contribution < 1.29 is 4.52 Å². The smallest absolute Gasteiger partial charge is 0.241 e. The summed E-state index contributed by atoms with van der Waals surface area (Å²) >= 11 is 1.63. The molecule has 4 nitrogen and oxygen atoms in total. The molecule has 74 valence electrons. The van der Waals surface area contributed by atoms with Gasteiger partial charge in [0.25, 0.3) is 0 Å². The van der Waals surface area contributed by atoms with Crippen LogP contribution < -0.4 is 0 Å². The summed E-state index contributed by atoms with van der Waals surface area (Å²) in [5.74, 6) is 1.32. The Labute approximate surface area is 86.2 Å². The van der Waals surface area contributed by atoms with Crippen molar-refractivity contribution in [2.45, 2.75) is 6.54 Å². The molecule has 14 heavy (non-hydrogen) atoms. The van der Waals surface area contributed by atoms with Crippen molar-refractivity contribution >= 4 is 11.3 Å². The van der Waals surface area contributed by atoms with Crippen LogP contribution in [0.1, 0.15) is 5.89 Å². The standard InChI is InChI=1S/C9H11N3OS/c1-12(2)5-8-10-9(11-13-8)7-3-4-14-6-7/h3-4,6H,5H2,1-2H3. The summed E-state index contributed by atoms with van der Waals surface area (Å²) in [7, 11) is 3.93. The highest BCUT2D eigenvalue weighted by atomic mass is 32.1. The normalized spacial score (nSPS) is 11.1. The Morgan fingerprint density at radius 2 is 2.36 bits per heavy atom. The van der Waals surface area contributed by atoms with Gasteiger partial charge in [0.15, 0.2) is 0 Å². The van der Waals surface area contributed by atoms with E-state index in [9.17, 15) is 0 Å². The molecule has 0 aliphatic rings. The van der Waals surface area contributed by atoms with Crippen LogP contribution in [-0.4, -0.2) is 29.1 Å². The maximum Gasteiger partial charge on any atom is 0.241 e. The molecular weight excluding hydrogens is 198 g/mol. The average Bonchev–Trinajstić information content (AvgIpc) is 2.69. The molecule has 0 N–H and O–H groups in total. The fourth-order valence-corrected chi connectivity index (χ4v) is 1.73. The fourth-order valence-electron chi connectivity index (χ4n) is 1.10. The molecule has 0 amide bonds. The van der Waals surface area contributed by atoms with Gasteiger partial charge in [-0.05, 0) is 25.5 Å². The second-order valence-electron chi connectivity index (χ2n) is 3.26. The Kier molecular flexibility index (Phi) is 2.60. The minimum atomic E-state index is 0.649. The van der Waals surface area contributed by atoms with Crippen molar-refractivity contribution in [1.29, 1.82) is 0 Å². The van der Waals surface area contributed by atoms with E-state index in [0.29, 0.717) is 18.3 Å². The molecular formula is C9H11N3OS. The number of aromatic nitrogens is 2. The summed E-state index contributed by atoms with van der Waals surface area (Å²) < 4.78 is 5.10. The summed E-state index contributed by atoms with van der Waals surface area (Å²) in [6.45, 7) is 0.678. The Bertz CT molecular complexity index is 394. The van der Waals surface area contributed by atoms with Gasteiger partial charge in [-0.2, -0.15) is 16.3 Å². The highest BCUT2D eigenvalue weighted by Gasteiger charge is 2.08. The maximum absolute atomic E-state index is 5.10. The van der Waals surface area contributed by atoms with E-state index in [-0.39, 0.29) is 0 Å². The Hall–Kier alpha value is -1.20. The topological polar surface area (TPSA) is 42.2 Å². The van der Waals surface area contributed by atoms with Crippen LogP contribution in [0.15, 0.2) is 21.3 Å². The zero-order chi connectivity index (χ0) is 9.97. The minimum Gasteiger partial charge on any atom is -0.338 e. The van der Waals surface area contributed by atoms with Crippen LogP contribution in [-0.2, 0) is 6.54 Å². The van der Waals surface area contributed by atoms with Crippen LogP contribution >= 0.6 is 11.3 Å². The monoisotopic (exact) mass is 209 g/mol. The van der Waals surface area contributed by atoms with Crippen molar-refractivity contribution in [3.63, 3.8) is 0 Å². The second-order valence-corrected chi connectivity index (χ2v) is 4.04. The zero-order valence-electron chi connectivity index (χ0n) is 8.10. The van der Waals surface area contributed by atoms with Gasteiger partial charge in [0, 0.05) is 10.9 Å². The molecule has 0 atom stereocenters. The highest BCUT2D eigenvalue weighted by Crippen LogP contribution is 2.18. The van der Waals surface area contributed by atoms with Crippen LogP contribution in [0, 0.1) is 0 Å². The first-order chi connectivity index (χ1) is 6.75. The van der Waals surface area contributed by atoms with Gasteiger partial charge in [-0.3, -0.25) is 0 Å². The van der Waals surface area contributed by atoms with Crippen molar-refractivity contribution in [1.82, 2.24) is 15.0 Å². The van der Waals surface area contributed by atoms with E-state index < -0.39 is 0 Å². The van der Waals surface area contributed by atoms with E-state index in [1.165, 1.54) is 0 Å². The van der Waals surface area contributed by atoms with E-state index in [4.69, 9.17) is 4.52 Å². The number of rotatable bonds is 3. The summed E-state index contributed by atoms with van der Waals surface area (Å²) in [4.78, 5) is 6.27. The molecule has 0 aliphatic heterocycles. The summed E-state index contributed by atoms with van der Waals surface area (Å²) in [6.07, 6.45) is 0. The van der Waals surface area contributed by atoms with Crippen LogP contribution in [0.4, 0.5) is 0 Å². The number of hydrogen-bond donors (Lipinski definition) is 0. The van der Waals surface area contributed by atoms with E-state index >= 15 is 0 Å². The third-order valence-electron chi connectivity index (χ3n) is 1.70. The van der Waals surface area contributed by atoms with E-state index in [1.807, 2.05) is 35.8 Å². The lowest BCUT2D eigenvalue weighted by atomic mass is 10.3. The highest BCUT2D eigenvalue weighted by molar-refractivity contribution is 7.08. The summed E-state index contributed by atoms with van der Waals surface area (Å²) in [6, 6.07) is 1.98. The summed E-state index contributed by atoms with van der Waals surface area (Å²) in [5, 5.41) is 7.91. The molecule has 0 aromatic carbocycles. The largest absolute Gasteiger partial charge is 0.338 e. The van der Waals surface area contributed by atoms with Gasteiger partial charge in [0.2, 0.25) is 11.7 Å². The van der Waals surface area contributed by atoms with E-state index in [2.05, 4.69) is 10.1 Å². The van der Waals surface area contributed by atoms with E-state index in [0.717, 1.165) is 5.56 Å². The van der Waals surface area contributed by atoms with Crippen molar-refractivity contribution in [2.24, 2.45) is 0 Å². The molecule has 0 unspecified atom stereocenters. The van der Waals surface area contributed by atoms with Crippen LogP contribution in [0.3, 0.4) is 0 Å². The number of nitrogens with zero attached hydrogens (tertiary/aromatic N) is 3. The SMILES string of the molecule is CN(C)Cc1nc(-c2ccsc2)no1. The molecule has 2 aromatic rings. The van der Waals surface area contributed by atoms with Crippen molar-refractivity contribution in [3.05, 3.63) is 22.7 Å². The van der Waals surface area contributed by atoms with Gasteiger partial charge < -0.3 is 9.42 Å². The first kappa shape index (κ1) is 9.36. The first-order valence-corrected chi connectivity index (χ1v) is 5.20. The van der Waals surface area contributed by atoms with Crippen molar-refractivity contribution in [3.8, 4) is 11.4 Å². The Morgan fingerprint density at radius 1 is 1.50 bits per heavy atom. The lowest BCUT2D eigenvalue weighted by molar-refractivity contribution is 0.303. The number of thiophene rings is 1. The molecule has 2 aromatic heterocycles. The van der Waals surface area contributed by atoms with Gasteiger partial charge in [-0.15, -0.1) is 0 Å². The Balaban J connectivity index is 2.18. The molecule has 0 saturated carbocycles. The summed E-state index contributed by atoms with van der Waals surface area (Å²) in [5.41, 5.74) is 1.02. The van der Waals surface area contributed by atoms with Gasteiger partial charge in [-0.25, -0.2) is 0 Å². The van der Waals surface area contributed by atoms with E-state index in [1.54, 1.807) is 11.3 Å². The molecule has 5 heteroatoms. The van der Waals surface area contributed by atoms with Gasteiger partial charge in [-0.1, -0.05) is 5.16 Å². The minimum absolute atomic E-state index is 0.649. The lowest BCUT2D eigenvalue weighted by Crippen LogP contribution is -2.10. The molecule has 0 fully saturated rings. The van der Waals surface area contributed by atoms with Gasteiger partial charge >= 0.3 is 0 Å². The predicted molar refractivity (Wildman–Crippen MR) is 55.0 cm³/mol. The average molecular weight is 209 g/mol. The lowest BCUT2D eigenvalue weighted by Gasteiger charge is -2.02. The van der Waals surface area contributed by atoms with Crippen LogP contribution in [0.25, 0.3) is 11.4 Å². The molecule has 0 saturated heterocycles. The van der Waals surface area contributed by atoms with Gasteiger partial charge in [0.1, 0.15) is 0 Å². The Morgan fingerprint density at radius 3 is 3.00 bits per heavy atom. The zero-order valence-corrected chi connectivity index (χ0v) is 8.91. The molecule has 0 bridgehead atoms. The maximum atomic E-state index is 5.10. The fraction of sp³-hybridized carbons (Fsp3) is 0.333.